The Hall–Kier alpha value is -2.36. The minimum atomic E-state index is -3.68. The van der Waals surface area contributed by atoms with E-state index < -0.39 is 27.3 Å². The summed E-state index contributed by atoms with van der Waals surface area (Å²) in [5.41, 5.74) is 0.0518. The highest BCUT2D eigenvalue weighted by Gasteiger charge is 2.31. The smallest absolute Gasteiger partial charge is 0.414 e. The Bertz CT molecular complexity index is 981. The maximum Gasteiger partial charge on any atom is 0.414 e. The third-order valence-electron chi connectivity index (χ3n) is 5.70. The van der Waals surface area contributed by atoms with Gasteiger partial charge in [0, 0.05) is 31.5 Å². The first kappa shape index (κ1) is 24.3. The number of likely N-dealkylation sites (tertiary alicyclic amines) is 1. The quantitative estimate of drug-likeness (QED) is 0.665. The van der Waals surface area contributed by atoms with Crippen molar-refractivity contribution >= 4 is 27.7 Å². The molecule has 8 nitrogen and oxygen atoms in total. The zero-order valence-corrected chi connectivity index (χ0v) is 19.8. The molecule has 0 bridgehead atoms. The van der Waals surface area contributed by atoms with Crippen molar-refractivity contribution in [2.75, 3.05) is 37.4 Å². The summed E-state index contributed by atoms with van der Waals surface area (Å²) in [7, 11) is -3.68. The Morgan fingerprint density at radius 1 is 1.12 bits per heavy atom. The number of ether oxygens (including phenoxy) is 2. The first-order valence-corrected chi connectivity index (χ1v) is 12.7. The number of benzene rings is 1. The third kappa shape index (κ3) is 5.70. The molecule has 0 aliphatic carbocycles. The molecule has 1 saturated heterocycles. The SMILES string of the molecule is CC(C)(C)OC(=O)N1CCC(CCOC(=O)N2CCc3c2ccc(S(C)(=O)=O)c3F)CC1. The molecule has 2 amide bonds. The van der Waals surface area contributed by atoms with Crippen LogP contribution in [0.2, 0.25) is 0 Å². The summed E-state index contributed by atoms with van der Waals surface area (Å²) in [6.07, 6.45) is 2.61. The van der Waals surface area contributed by atoms with Crippen molar-refractivity contribution in [3.05, 3.63) is 23.5 Å². The molecule has 1 aromatic rings. The number of hydrogen-bond donors (Lipinski definition) is 0. The molecule has 3 rings (SSSR count). The van der Waals surface area contributed by atoms with E-state index in [4.69, 9.17) is 9.47 Å². The maximum absolute atomic E-state index is 14.6. The molecule has 0 radical (unpaired) electrons. The normalized spacial score (nSPS) is 17.3. The number of hydrogen-bond acceptors (Lipinski definition) is 6. The number of rotatable bonds is 4. The molecule has 0 unspecified atom stereocenters. The number of nitrogens with zero attached hydrogens (tertiary/aromatic N) is 2. The van der Waals surface area contributed by atoms with E-state index in [1.807, 2.05) is 20.8 Å². The van der Waals surface area contributed by atoms with Crippen LogP contribution in [-0.4, -0.2) is 63.6 Å². The zero-order valence-electron chi connectivity index (χ0n) is 19.0. The Labute approximate surface area is 188 Å². The van der Waals surface area contributed by atoms with Crippen LogP contribution >= 0.6 is 0 Å². The number of anilines is 1. The molecule has 0 aromatic heterocycles. The van der Waals surface area contributed by atoms with Crippen molar-refractivity contribution in [3.63, 3.8) is 0 Å². The summed E-state index contributed by atoms with van der Waals surface area (Å²) in [5, 5.41) is 0. The van der Waals surface area contributed by atoms with Crippen molar-refractivity contribution in [2.24, 2.45) is 5.92 Å². The summed E-state index contributed by atoms with van der Waals surface area (Å²) in [5.74, 6) is -0.459. The predicted octanol–water partition coefficient (Wildman–Crippen LogP) is 3.77. The van der Waals surface area contributed by atoms with Crippen LogP contribution in [-0.2, 0) is 25.7 Å². The van der Waals surface area contributed by atoms with Gasteiger partial charge in [0.2, 0.25) is 0 Å². The summed E-state index contributed by atoms with van der Waals surface area (Å²) >= 11 is 0. The Morgan fingerprint density at radius 3 is 2.38 bits per heavy atom. The highest BCUT2D eigenvalue weighted by molar-refractivity contribution is 7.90. The Morgan fingerprint density at radius 2 is 1.78 bits per heavy atom. The van der Waals surface area contributed by atoms with E-state index in [-0.39, 0.29) is 36.1 Å². The van der Waals surface area contributed by atoms with Crippen molar-refractivity contribution < 1.29 is 31.9 Å². The van der Waals surface area contributed by atoms with Crippen molar-refractivity contribution in [1.29, 1.82) is 0 Å². The number of sulfone groups is 1. The van der Waals surface area contributed by atoms with Crippen LogP contribution in [0.15, 0.2) is 17.0 Å². The van der Waals surface area contributed by atoms with E-state index in [1.54, 1.807) is 4.90 Å². The highest BCUT2D eigenvalue weighted by atomic mass is 32.2. The summed E-state index contributed by atoms with van der Waals surface area (Å²) in [4.78, 5) is 27.3. The molecule has 10 heteroatoms. The molecule has 0 spiro atoms. The number of fused-ring (bicyclic) bond motifs is 1. The highest BCUT2D eigenvalue weighted by Crippen LogP contribution is 2.34. The molecule has 2 heterocycles. The van der Waals surface area contributed by atoms with E-state index in [2.05, 4.69) is 0 Å². The zero-order chi connectivity index (χ0) is 23.7. The topological polar surface area (TPSA) is 93.2 Å². The summed E-state index contributed by atoms with van der Waals surface area (Å²) < 4.78 is 48.8. The van der Waals surface area contributed by atoms with Crippen molar-refractivity contribution in [3.8, 4) is 0 Å². The first-order valence-electron chi connectivity index (χ1n) is 10.8. The van der Waals surface area contributed by atoms with Crippen LogP contribution in [0.4, 0.5) is 19.7 Å². The van der Waals surface area contributed by atoms with Gasteiger partial charge in [-0.05, 0) is 64.5 Å². The lowest BCUT2D eigenvalue weighted by atomic mass is 9.94. The largest absolute Gasteiger partial charge is 0.449 e. The van der Waals surface area contributed by atoms with E-state index in [0.29, 0.717) is 31.1 Å². The van der Waals surface area contributed by atoms with Gasteiger partial charge in [-0.1, -0.05) is 0 Å². The number of amides is 2. The van der Waals surface area contributed by atoms with Gasteiger partial charge in [0.15, 0.2) is 9.84 Å². The lowest BCUT2D eigenvalue weighted by Gasteiger charge is -2.33. The molecule has 2 aliphatic rings. The molecule has 178 valence electrons. The fourth-order valence-electron chi connectivity index (χ4n) is 4.02. The van der Waals surface area contributed by atoms with Crippen molar-refractivity contribution in [1.82, 2.24) is 4.90 Å². The van der Waals surface area contributed by atoms with Gasteiger partial charge in [0.1, 0.15) is 16.3 Å². The minimum absolute atomic E-state index is 0.222. The van der Waals surface area contributed by atoms with Gasteiger partial charge in [-0.15, -0.1) is 0 Å². The molecule has 0 atom stereocenters. The van der Waals surface area contributed by atoms with E-state index >= 15 is 0 Å². The molecule has 0 N–H and O–H groups in total. The first-order chi connectivity index (χ1) is 14.9. The van der Waals surface area contributed by atoms with E-state index in [1.165, 1.54) is 17.0 Å². The van der Waals surface area contributed by atoms with Gasteiger partial charge < -0.3 is 14.4 Å². The molecular weight excluding hydrogens is 439 g/mol. The fourth-order valence-corrected chi connectivity index (χ4v) is 4.79. The predicted molar refractivity (Wildman–Crippen MR) is 117 cm³/mol. The standard InChI is InChI=1S/C22H31FN2O6S/c1-22(2,3)31-20(26)24-11-7-15(8-12-24)10-14-30-21(27)25-13-9-16-17(25)5-6-18(19(16)23)32(4,28)29/h5-6,15H,7-14H2,1-4H3. The van der Waals surface area contributed by atoms with Gasteiger partial charge in [0.05, 0.1) is 12.3 Å². The average molecular weight is 471 g/mol. The van der Waals surface area contributed by atoms with Gasteiger partial charge in [0.25, 0.3) is 0 Å². The number of carbonyl (C=O) groups is 2. The number of halogens is 1. The van der Waals surface area contributed by atoms with Crippen LogP contribution < -0.4 is 4.90 Å². The van der Waals surface area contributed by atoms with Crippen LogP contribution in [0.5, 0.6) is 0 Å². The third-order valence-corrected chi connectivity index (χ3v) is 6.81. The van der Waals surface area contributed by atoms with E-state index in [9.17, 15) is 22.4 Å². The second-order valence-corrected chi connectivity index (χ2v) is 11.3. The fraction of sp³-hybridized carbons (Fsp3) is 0.636. The summed E-state index contributed by atoms with van der Waals surface area (Å²) in [6.45, 7) is 7.19. The van der Waals surface area contributed by atoms with Crippen LogP contribution in [0, 0.1) is 11.7 Å². The van der Waals surface area contributed by atoms with Gasteiger partial charge >= 0.3 is 12.2 Å². The molecule has 32 heavy (non-hydrogen) atoms. The molecule has 1 aromatic carbocycles. The van der Waals surface area contributed by atoms with Crippen molar-refractivity contribution in [2.45, 2.75) is 57.0 Å². The monoisotopic (exact) mass is 470 g/mol. The number of carbonyl (C=O) groups excluding carboxylic acids is 2. The maximum atomic E-state index is 14.6. The second-order valence-electron chi connectivity index (χ2n) is 9.36. The lowest BCUT2D eigenvalue weighted by molar-refractivity contribution is 0.0175. The second kappa shape index (κ2) is 9.25. The van der Waals surface area contributed by atoms with E-state index in [0.717, 1.165) is 19.1 Å². The van der Waals surface area contributed by atoms with Crippen LogP contribution in [0.3, 0.4) is 0 Å². The molecular formula is C22H31FN2O6S. The minimum Gasteiger partial charge on any atom is -0.449 e. The van der Waals surface area contributed by atoms with Crippen LogP contribution in [0.1, 0.15) is 45.6 Å². The average Bonchev–Trinajstić information content (AvgIpc) is 3.11. The van der Waals surface area contributed by atoms with Gasteiger partial charge in [-0.2, -0.15) is 0 Å². The van der Waals surface area contributed by atoms with Crippen LogP contribution in [0.25, 0.3) is 0 Å². The lowest BCUT2D eigenvalue weighted by Crippen LogP contribution is -2.42. The van der Waals surface area contributed by atoms with Gasteiger partial charge in [-0.3, -0.25) is 4.90 Å². The number of piperidine rings is 1. The van der Waals surface area contributed by atoms with Gasteiger partial charge in [-0.25, -0.2) is 22.4 Å². The summed E-state index contributed by atoms with van der Waals surface area (Å²) in [6, 6.07) is 2.64. The molecule has 0 saturated carbocycles. The Balaban J connectivity index is 1.47. The molecule has 2 aliphatic heterocycles. The Kier molecular flexibility index (Phi) is 7.02. The molecule has 1 fully saturated rings.